The van der Waals surface area contributed by atoms with E-state index in [0.29, 0.717) is 66.2 Å². The molecule has 3 aromatic heterocycles. The molecule has 6 aromatic rings. The number of carbonyl (C=O) groups is 1. The molecular weight excluding hydrogens is 1270 g/mol. The first-order valence-electron chi connectivity index (χ1n) is 40.7. The zero-order chi connectivity index (χ0) is 68.8. The van der Waals surface area contributed by atoms with Crippen molar-refractivity contribution in [3.8, 4) is 0 Å². The summed E-state index contributed by atoms with van der Waals surface area (Å²) in [5, 5.41) is 7.61. The second-order valence-electron chi connectivity index (χ2n) is 36.4. The highest BCUT2D eigenvalue weighted by Crippen LogP contribution is 2.73. The summed E-state index contributed by atoms with van der Waals surface area (Å²) in [4.78, 5) is 30.9. The number of nitrogens with zero attached hydrogens (tertiary/aromatic N) is 5. The van der Waals surface area contributed by atoms with Crippen LogP contribution in [0.1, 0.15) is 209 Å². The topological polar surface area (TPSA) is 108 Å². The molecule has 11 heteroatoms. The number of rotatable bonds is 5. The van der Waals surface area contributed by atoms with Crippen LogP contribution in [-0.4, -0.2) is 129 Å². The third kappa shape index (κ3) is 9.75. The highest BCUT2D eigenvalue weighted by Gasteiger charge is 2.70. The Labute approximate surface area is 609 Å². The Morgan fingerprint density at radius 1 is 0.398 bits per heavy atom. The smallest absolute Gasteiger partial charge is 0.136 e. The van der Waals surface area contributed by atoms with Crippen LogP contribution >= 0.6 is 0 Å². The van der Waals surface area contributed by atoms with Crippen LogP contribution in [0.25, 0.3) is 32.3 Å². The van der Waals surface area contributed by atoms with E-state index in [4.69, 9.17) is 23.7 Å². The van der Waals surface area contributed by atoms with Crippen LogP contribution in [0.2, 0.25) is 0 Å². The van der Waals surface area contributed by atoms with Crippen molar-refractivity contribution >= 4 is 38.1 Å². The van der Waals surface area contributed by atoms with Gasteiger partial charge in [-0.2, -0.15) is 0 Å². The number of pyridine rings is 3. The van der Waals surface area contributed by atoms with Gasteiger partial charge >= 0.3 is 0 Å². The molecule has 103 heavy (non-hydrogen) atoms. The fourth-order valence-corrected chi connectivity index (χ4v) is 27.1. The van der Waals surface area contributed by atoms with Gasteiger partial charge in [0.1, 0.15) is 5.78 Å². The average Bonchev–Trinajstić information content (AvgIpc) is 1.53. The Balaban J connectivity index is 0.000000100. The predicted molar refractivity (Wildman–Crippen MR) is 405 cm³/mol. The molecule has 0 unspecified atom stereocenters. The summed E-state index contributed by atoms with van der Waals surface area (Å²) in [7, 11) is 0. The van der Waals surface area contributed by atoms with E-state index in [2.05, 4.69) is 155 Å². The highest BCUT2D eigenvalue weighted by molar-refractivity contribution is 5.85. The number of hydrogen-bond donors (Lipinski definition) is 0. The maximum atomic E-state index is 12.4. The largest absolute Gasteiger partial charge is 0.379 e. The normalized spacial score (nSPS) is 41.5. The minimum atomic E-state index is -0.294. The van der Waals surface area contributed by atoms with E-state index in [1.165, 1.54) is 187 Å². The molecule has 3 aromatic carbocycles. The monoisotopic (exact) mass is 1380 g/mol. The van der Waals surface area contributed by atoms with Crippen molar-refractivity contribution in [3.05, 3.63) is 197 Å². The van der Waals surface area contributed by atoms with Crippen LogP contribution in [-0.2, 0) is 28.5 Å². The Hall–Kier alpha value is -6.28. The van der Waals surface area contributed by atoms with Crippen LogP contribution in [0.5, 0.6) is 0 Å². The highest BCUT2D eigenvalue weighted by atomic mass is 16.5. The number of carbonyl (C=O) groups excluding carboxylic acids is 1. The van der Waals surface area contributed by atoms with Gasteiger partial charge in [0.25, 0.3) is 0 Å². The van der Waals surface area contributed by atoms with E-state index in [9.17, 15) is 4.79 Å². The summed E-state index contributed by atoms with van der Waals surface area (Å²) in [6.45, 7) is 15.5. The van der Waals surface area contributed by atoms with E-state index in [0.717, 1.165) is 78.3 Å². The van der Waals surface area contributed by atoms with Gasteiger partial charge in [-0.05, 0) is 296 Å². The first-order chi connectivity index (χ1) is 50.2. The molecule has 0 radical (unpaired) electrons. The number of aromatic nitrogens is 3. The minimum Gasteiger partial charge on any atom is -0.379 e. The Morgan fingerprint density at radius 2 is 0.767 bits per heavy atom. The van der Waals surface area contributed by atoms with Crippen LogP contribution in [0.3, 0.4) is 0 Å². The van der Waals surface area contributed by atoms with Gasteiger partial charge in [0, 0.05) is 104 Å². The van der Waals surface area contributed by atoms with E-state index in [1.807, 2.05) is 37.2 Å². The van der Waals surface area contributed by atoms with E-state index < -0.39 is 0 Å². The quantitative estimate of drug-likeness (QED) is 0.165. The summed E-state index contributed by atoms with van der Waals surface area (Å²) in [5.41, 5.74) is 13.5. The molecule has 17 aliphatic rings. The number of Topliss-reactive ketones (excluding diaryl/α,β-unsaturated/α-hetero) is 1. The molecule has 11 heterocycles. The maximum Gasteiger partial charge on any atom is 0.136 e. The summed E-state index contributed by atoms with van der Waals surface area (Å²) in [5.74, 6) is 3.79. The third-order valence-corrected chi connectivity index (χ3v) is 32.1. The van der Waals surface area contributed by atoms with Gasteiger partial charge in [-0.1, -0.05) is 93.6 Å². The molecule has 23 rings (SSSR count). The molecule has 6 bridgehead atoms. The molecule has 8 aliphatic heterocycles. The molecule has 6 spiro atoms. The number of ketones is 1. The second-order valence-corrected chi connectivity index (χ2v) is 36.4. The van der Waals surface area contributed by atoms with Crippen molar-refractivity contribution in [2.24, 2.45) is 34.0 Å². The summed E-state index contributed by atoms with van der Waals surface area (Å²) < 4.78 is 33.5. The summed E-state index contributed by atoms with van der Waals surface area (Å²) in [6, 6.07) is 28.8. The molecule has 0 N–H and O–H groups in total. The standard InChI is InChI=1S/2C32H38N2O2.C28H29NO2/c2*1-30-10-8-26-19-25-4-5-27(34-14-16-35-17-15-34)20-31(25)11-12-32(26,36-31)29(30)7-6-28(30)23-3-2-22-9-13-33-21-24(22)18-23;1-26-10-8-22-15-21-4-5-23(30)16-27(21)11-12-28(22,31-27)25(26)7-6-24(26)19-3-2-18-9-13-29-17-20(18)14-19/h2*2-3,8-9,13,18-19,21,27-29H,4-7,10-12,14-17,20H2,1H3;2-3,8-9,13-15,17,24-25H,4-7,10-12,16H2,1H3/t27-,28+,29+,30+,31+,32+;27-,28-,29-,30-,31-,32-;24-,25-,26-,27-,28-/m011/s1. The van der Waals surface area contributed by atoms with Crippen LogP contribution in [0.15, 0.2) is 180 Å². The van der Waals surface area contributed by atoms with Crippen molar-refractivity contribution in [3.63, 3.8) is 0 Å². The van der Waals surface area contributed by atoms with Gasteiger partial charge in [0.05, 0.1) is 60.0 Å². The molecule has 6 saturated carbocycles. The number of morpholine rings is 2. The van der Waals surface area contributed by atoms with Crippen molar-refractivity contribution in [2.75, 3.05) is 52.6 Å². The first-order valence-corrected chi connectivity index (χ1v) is 40.7. The van der Waals surface area contributed by atoms with Gasteiger partial charge < -0.3 is 23.7 Å². The van der Waals surface area contributed by atoms with Gasteiger partial charge in [-0.15, -0.1) is 0 Å². The van der Waals surface area contributed by atoms with Gasteiger partial charge in [-0.3, -0.25) is 29.5 Å². The third-order valence-electron chi connectivity index (χ3n) is 32.1. The van der Waals surface area contributed by atoms with Gasteiger partial charge in [-0.25, -0.2) is 0 Å². The van der Waals surface area contributed by atoms with Crippen molar-refractivity contribution in [2.45, 2.75) is 238 Å². The van der Waals surface area contributed by atoms with Gasteiger partial charge in [0.15, 0.2) is 0 Å². The predicted octanol–water partition coefficient (Wildman–Crippen LogP) is 18.4. The molecular formula is C92H105N5O6. The molecule has 534 valence electrons. The fourth-order valence-electron chi connectivity index (χ4n) is 27.1. The van der Waals surface area contributed by atoms with E-state index in [-0.39, 0.29) is 49.9 Å². The average molecular weight is 1380 g/mol. The number of fused-ring (bicyclic) bond motifs is 6. The lowest BCUT2D eigenvalue weighted by Crippen LogP contribution is -2.56. The number of benzene rings is 3. The van der Waals surface area contributed by atoms with Crippen molar-refractivity contribution in [1.29, 1.82) is 0 Å². The molecule has 11 nitrogen and oxygen atoms in total. The Morgan fingerprint density at radius 3 is 1.17 bits per heavy atom. The zero-order valence-corrected chi connectivity index (χ0v) is 61.3. The SMILES string of the molecule is C[C@]12CC=C3C=C4CCC(=O)C[C@]45CC[C@]3(O5)[C@@H]1CC[C@@H]2c1ccc2ccncc2c1.C[C@]12CC=C3C=C4CC[C@@H](N5CCOCC5)C[C@]45CC[C@]3(O5)[C@@H]1CC[C@@H]2c1ccc2ccncc2c1.C[C@]12CC=C3C=C4CC[C@H](N5CCOCC5)C[C@]45CC[C@]3(O5)[C@@H]1CC[C@@H]2c1ccc2ccncc2c1. The van der Waals surface area contributed by atoms with Crippen molar-refractivity contribution < 1.29 is 28.5 Å². The minimum absolute atomic E-state index is 0.0243. The molecule has 17 atom stereocenters. The zero-order valence-electron chi connectivity index (χ0n) is 61.3. The lowest BCUT2D eigenvalue weighted by atomic mass is 9.58. The molecule has 0 amide bonds. The maximum absolute atomic E-state index is 12.4. The van der Waals surface area contributed by atoms with Crippen LogP contribution < -0.4 is 0 Å². The Bertz CT molecular complexity index is 4480. The lowest BCUT2D eigenvalue weighted by Gasteiger charge is -2.55. The summed E-state index contributed by atoms with van der Waals surface area (Å²) in [6.07, 6.45) is 54.4. The second kappa shape index (κ2) is 23.9. The van der Waals surface area contributed by atoms with E-state index >= 15 is 0 Å². The number of hydrogen-bond acceptors (Lipinski definition) is 11. The molecule has 9 aliphatic carbocycles. The Kier molecular flexibility index (Phi) is 15.1. The van der Waals surface area contributed by atoms with Gasteiger partial charge in [0.2, 0.25) is 0 Å². The number of ether oxygens (including phenoxy) is 5. The number of allylic oxidation sites excluding steroid dienone is 3. The lowest BCUT2D eigenvalue weighted by molar-refractivity contribution is -0.146. The fraction of sp³-hybridized carbons (Fsp3) is 0.565. The summed E-state index contributed by atoms with van der Waals surface area (Å²) >= 11 is 0. The molecule has 11 fully saturated rings. The molecule has 5 saturated heterocycles. The van der Waals surface area contributed by atoms with Crippen LogP contribution in [0.4, 0.5) is 0 Å². The first kappa shape index (κ1) is 65.0. The van der Waals surface area contributed by atoms with Crippen LogP contribution in [0, 0.1) is 34.0 Å². The van der Waals surface area contributed by atoms with Crippen molar-refractivity contribution in [1.82, 2.24) is 24.8 Å². The van der Waals surface area contributed by atoms with E-state index in [1.54, 1.807) is 11.1 Å².